The van der Waals surface area contributed by atoms with Gasteiger partial charge in [0.15, 0.2) is 0 Å². The highest BCUT2D eigenvalue weighted by Gasteiger charge is 2.20. The smallest absolute Gasteiger partial charge is 0.213 e. The number of nitrogens with one attached hydrogen (secondary N) is 2. The number of hydrogen-bond donors (Lipinski definition) is 2. The molecule has 1 saturated heterocycles. The molecule has 0 bridgehead atoms. The van der Waals surface area contributed by atoms with Crippen molar-refractivity contribution in [3.05, 3.63) is 0 Å². The molecule has 0 aliphatic carbocycles. The van der Waals surface area contributed by atoms with Crippen LogP contribution in [-0.4, -0.2) is 57.8 Å². The maximum absolute atomic E-state index is 11.9. The fourth-order valence-corrected chi connectivity index (χ4v) is 3.62. The Balaban J connectivity index is 2.26. The predicted octanol–water partition coefficient (Wildman–Crippen LogP) is 0.390. The summed E-state index contributed by atoms with van der Waals surface area (Å²) in [6, 6.07) is 0.129. The first-order valence-corrected chi connectivity index (χ1v) is 8.65. The van der Waals surface area contributed by atoms with E-state index in [1.807, 2.05) is 0 Å². The van der Waals surface area contributed by atoms with E-state index in [1.54, 1.807) is 0 Å². The molecule has 1 rings (SSSR count). The quantitative estimate of drug-likeness (QED) is 0.674. The van der Waals surface area contributed by atoms with Gasteiger partial charge in [-0.1, -0.05) is 20.3 Å². The molecule has 1 fully saturated rings. The Kier molecular flexibility index (Phi) is 7.14. The molecule has 0 spiro atoms. The maximum atomic E-state index is 11.9. The largest absolute Gasteiger partial charge is 0.313 e. The van der Waals surface area contributed by atoms with Crippen molar-refractivity contribution in [3.8, 4) is 0 Å². The molecule has 1 aliphatic heterocycles. The Labute approximate surface area is 111 Å². The number of likely N-dealkylation sites (N-methyl/N-ethyl adjacent to an activating group) is 1. The highest BCUT2D eigenvalue weighted by atomic mass is 32.2. The summed E-state index contributed by atoms with van der Waals surface area (Å²) in [5.74, 6) is 0.214. The van der Waals surface area contributed by atoms with Crippen LogP contribution in [0.3, 0.4) is 0 Å². The molecule has 0 aromatic rings. The van der Waals surface area contributed by atoms with Gasteiger partial charge in [0.05, 0.1) is 5.75 Å². The molecule has 5 nitrogen and oxygen atoms in total. The van der Waals surface area contributed by atoms with Crippen molar-refractivity contribution >= 4 is 10.0 Å². The molecule has 0 aromatic carbocycles. The van der Waals surface area contributed by atoms with E-state index in [2.05, 4.69) is 28.8 Å². The number of rotatable bonds is 8. The third-order valence-electron chi connectivity index (χ3n) is 3.48. The fraction of sp³-hybridized carbons (Fsp3) is 1.00. The highest BCUT2D eigenvalue weighted by molar-refractivity contribution is 7.89. The molecule has 1 heterocycles. The van der Waals surface area contributed by atoms with Gasteiger partial charge in [0.1, 0.15) is 0 Å². The third kappa shape index (κ3) is 6.13. The lowest BCUT2D eigenvalue weighted by Gasteiger charge is -2.23. The first kappa shape index (κ1) is 15.9. The van der Waals surface area contributed by atoms with E-state index in [4.69, 9.17) is 0 Å². The van der Waals surface area contributed by atoms with Crippen molar-refractivity contribution in [1.82, 2.24) is 14.9 Å². The molecule has 0 radical (unpaired) electrons. The van der Waals surface area contributed by atoms with Crippen molar-refractivity contribution in [2.75, 3.05) is 38.5 Å². The van der Waals surface area contributed by atoms with E-state index in [0.717, 1.165) is 45.4 Å². The van der Waals surface area contributed by atoms with Crippen molar-refractivity contribution in [2.24, 2.45) is 0 Å². The minimum Gasteiger partial charge on any atom is -0.313 e. The Morgan fingerprint density at radius 2 is 2.00 bits per heavy atom. The van der Waals surface area contributed by atoms with Crippen molar-refractivity contribution in [1.29, 1.82) is 0 Å². The van der Waals surface area contributed by atoms with Gasteiger partial charge in [-0.25, -0.2) is 13.1 Å². The summed E-state index contributed by atoms with van der Waals surface area (Å²) in [5.41, 5.74) is 0. The monoisotopic (exact) mass is 277 g/mol. The first-order valence-electron chi connectivity index (χ1n) is 7.00. The maximum Gasteiger partial charge on any atom is 0.213 e. The van der Waals surface area contributed by atoms with Crippen LogP contribution in [-0.2, 0) is 10.0 Å². The topological polar surface area (TPSA) is 61.4 Å². The van der Waals surface area contributed by atoms with Gasteiger partial charge in [0.2, 0.25) is 10.0 Å². The first-order chi connectivity index (χ1) is 8.57. The van der Waals surface area contributed by atoms with Crippen molar-refractivity contribution < 1.29 is 8.42 Å². The van der Waals surface area contributed by atoms with Crippen LogP contribution >= 0.6 is 0 Å². The van der Waals surface area contributed by atoms with E-state index in [1.165, 1.54) is 0 Å². The molecule has 2 N–H and O–H groups in total. The zero-order valence-corrected chi connectivity index (χ0v) is 12.4. The Bertz CT molecular complexity index is 309. The molecule has 6 heteroatoms. The zero-order valence-electron chi connectivity index (χ0n) is 11.6. The zero-order chi connectivity index (χ0) is 13.4. The SMILES string of the molecule is CCN(CC)CCNS(=O)(=O)CC1CCCCN1. The van der Waals surface area contributed by atoms with Crippen molar-refractivity contribution in [3.63, 3.8) is 0 Å². The molecule has 0 saturated carbocycles. The van der Waals surface area contributed by atoms with E-state index < -0.39 is 10.0 Å². The van der Waals surface area contributed by atoms with Gasteiger partial charge in [-0.3, -0.25) is 0 Å². The predicted molar refractivity (Wildman–Crippen MR) is 75.2 cm³/mol. The minimum absolute atomic E-state index is 0.129. The summed E-state index contributed by atoms with van der Waals surface area (Å²) < 4.78 is 26.5. The molecule has 0 aromatic heterocycles. The van der Waals surface area contributed by atoms with Gasteiger partial charge in [-0.05, 0) is 32.5 Å². The van der Waals surface area contributed by atoms with Gasteiger partial charge in [-0.2, -0.15) is 0 Å². The second-order valence-electron chi connectivity index (χ2n) is 4.85. The summed E-state index contributed by atoms with van der Waals surface area (Å²) in [6.45, 7) is 8.33. The summed E-state index contributed by atoms with van der Waals surface area (Å²) in [5, 5.41) is 3.27. The van der Waals surface area contributed by atoms with Crippen LogP contribution in [0.5, 0.6) is 0 Å². The molecule has 1 unspecified atom stereocenters. The summed E-state index contributed by atoms with van der Waals surface area (Å²) >= 11 is 0. The lowest BCUT2D eigenvalue weighted by atomic mass is 10.1. The average Bonchev–Trinajstić information content (AvgIpc) is 2.35. The van der Waals surface area contributed by atoms with E-state index in [9.17, 15) is 8.42 Å². The van der Waals surface area contributed by atoms with Gasteiger partial charge >= 0.3 is 0 Å². The second kappa shape index (κ2) is 8.09. The number of sulfonamides is 1. The normalized spacial score (nSPS) is 21.4. The van der Waals surface area contributed by atoms with Crippen molar-refractivity contribution in [2.45, 2.75) is 39.2 Å². The van der Waals surface area contributed by atoms with Gasteiger partial charge in [0.25, 0.3) is 0 Å². The van der Waals surface area contributed by atoms with E-state index in [0.29, 0.717) is 6.54 Å². The Morgan fingerprint density at radius 3 is 2.56 bits per heavy atom. The molecule has 18 heavy (non-hydrogen) atoms. The van der Waals surface area contributed by atoms with Gasteiger partial charge in [-0.15, -0.1) is 0 Å². The summed E-state index contributed by atoms with van der Waals surface area (Å²) in [7, 11) is -3.13. The minimum atomic E-state index is -3.13. The molecule has 108 valence electrons. The van der Waals surface area contributed by atoms with Crippen LogP contribution in [0.1, 0.15) is 33.1 Å². The van der Waals surface area contributed by atoms with E-state index >= 15 is 0 Å². The van der Waals surface area contributed by atoms with Gasteiger partial charge in [0, 0.05) is 19.1 Å². The summed E-state index contributed by atoms with van der Waals surface area (Å²) in [6.07, 6.45) is 3.26. The highest BCUT2D eigenvalue weighted by Crippen LogP contribution is 2.08. The number of nitrogens with zero attached hydrogens (tertiary/aromatic N) is 1. The molecule has 1 atom stereocenters. The molecule has 0 amide bonds. The van der Waals surface area contributed by atoms with Crippen LogP contribution in [0.15, 0.2) is 0 Å². The third-order valence-corrected chi connectivity index (χ3v) is 4.96. The summed E-state index contributed by atoms with van der Waals surface area (Å²) in [4.78, 5) is 2.21. The van der Waals surface area contributed by atoms with Gasteiger partial charge < -0.3 is 10.2 Å². The molecule has 1 aliphatic rings. The van der Waals surface area contributed by atoms with Crippen LogP contribution in [0, 0.1) is 0 Å². The van der Waals surface area contributed by atoms with Crippen LogP contribution < -0.4 is 10.0 Å². The second-order valence-corrected chi connectivity index (χ2v) is 6.70. The van der Waals surface area contributed by atoms with Crippen LogP contribution in [0.4, 0.5) is 0 Å². The molecular weight excluding hydrogens is 250 g/mol. The molecular formula is C12H27N3O2S. The van der Waals surface area contributed by atoms with Crippen LogP contribution in [0.2, 0.25) is 0 Å². The van der Waals surface area contributed by atoms with E-state index in [-0.39, 0.29) is 11.8 Å². The number of hydrogen-bond acceptors (Lipinski definition) is 4. The Morgan fingerprint density at radius 1 is 1.28 bits per heavy atom. The average molecular weight is 277 g/mol. The fourth-order valence-electron chi connectivity index (χ4n) is 2.29. The number of piperidine rings is 1. The standard InChI is InChI=1S/C12H27N3O2S/c1-3-15(4-2)10-9-14-18(16,17)11-12-7-5-6-8-13-12/h12-14H,3-11H2,1-2H3. The lowest BCUT2D eigenvalue weighted by molar-refractivity contribution is 0.308. The Hall–Kier alpha value is -0.170. The van der Waals surface area contributed by atoms with Crippen LogP contribution in [0.25, 0.3) is 0 Å². The lowest BCUT2D eigenvalue weighted by Crippen LogP contribution is -2.44.